The summed E-state index contributed by atoms with van der Waals surface area (Å²) in [6.07, 6.45) is 0. The van der Waals surface area contributed by atoms with Gasteiger partial charge in [0.25, 0.3) is 0 Å². The van der Waals surface area contributed by atoms with E-state index in [-0.39, 0.29) is 82.0 Å². The topological polar surface area (TPSA) is 216 Å². The van der Waals surface area contributed by atoms with Crippen LogP contribution in [0.3, 0.4) is 0 Å². The molecule has 4 N–H and O–H groups in total. The second-order valence-corrected chi connectivity index (χ2v) is 10.4. The van der Waals surface area contributed by atoms with E-state index in [2.05, 4.69) is 10.6 Å². The Morgan fingerprint density at radius 3 is 1.87 bits per heavy atom. The predicted molar refractivity (Wildman–Crippen MR) is 124 cm³/mol. The Hall–Kier alpha value is -2.11. The zero-order valence-corrected chi connectivity index (χ0v) is 25.8. The number of nitrogen functional groups attached to an aromatic ring is 1. The van der Waals surface area contributed by atoms with Crippen LogP contribution in [0.2, 0.25) is 0 Å². The molecule has 0 radical (unpaired) electrons. The van der Waals surface area contributed by atoms with Gasteiger partial charge < -0.3 is 25.5 Å². The Morgan fingerprint density at radius 2 is 1.34 bits per heavy atom. The van der Waals surface area contributed by atoms with E-state index in [0.29, 0.717) is 17.4 Å². The fraction of sp³-hybridized carbons (Fsp3) is 0.0455. The van der Waals surface area contributed by atoms with Crippen LogP contribution in [0.1, 0.15) is 38.8 Å². The van der Waals surface area contributed by atoms with Crippen molar-refractivity contribution in [2.75, 3.05) is 16.4 Å². The summed E-state index contributed by atoms with van der Waals surface area (Å²) in [5.41, 5.74) is 4.40. The monoisotopic (exact) mass is 575 g/mol. The van der Waals surface area contributed by atoms with Crippen molar-refractivity contribution in [1.82, 2.24) is 0 Å². The molecular weight excluding hydrogens is 560 g/mol. The normalized spacial score (nSPS) is 12.4. The van der Waals surface area contributed by atoms with Gasteiger partial charge in [-0.15, -0.1) is 0 Å². The van der Waals surface area contributed by atoms with Crippen LogP contribution in [0.4, 0.5) is 22.7 Å². The average molecular weight is 575 g/mol. The number of amides is 1. The third kappa shape index (κ3) is 6.04. The van der Waals surface area contributed by atoms with Crippen LogP contribution >= 0.6 is 0 Å². The Bertz CT molecular complexity index is 1710. The van der Waals surface area contributed by atoms with E-state index in [4.69, 9.17) is 5.73 Å². The maximum absolute atomic E-state index is 13.4. The summed E-state index contributed by atoms with van der Waals surface area (Å²) in [4.78, 5) is 35.0. The molecule has 1 aliphatic carbocycles. The van der Waals surface area contributed by atoms with E-state index >= 15 is 0 Å². The third-order valence-electron chi connectivity index (χ3n) is 5.29. The molecule has 12 nitrogen and oxygen atoms in total. The van der Waals surface area contributed by atoms with E-state index in [0.717, 1.165) is 6.07 Å². The summed E-state index contributed by atoms with van der Waals surface area (Å²) in [6, 6.07) is 10.2. The molecule has 38 heavy (non-hydrogen) atoms. The molecule has 0 fully saturated rings. The molecule has 0 unspecified atom stereocenters. The first kappa shape index (κ1) is 32.1. The van der Waals surface area contributed by atoms with E-state index in [1.165, 1.54) is 19.1 Å². The van der Waals surface area contributed by atoms with E-state index in [1.807, 2.05) is 0 Å². The van der Waals surface area contributed by atoms with Crippen molar-refractivity contribution < 1.29 is 99.4 Å². The molecule has 1 amide bonds. The van der Waals surface area contributed by atoms with Crippen molar-refractivity contribution in [3.63, 3.8) is 0 Å². The number of rotatable bonds is 5. The third-order valence-corrected chi connectivity index (χ3v) is 7.22. The van der Waals surface area contributed by atoms with Gasteiger partial charge in [0.2, 0.25) is 5.91 Å². The Labute approximate surface area is 261 Å². The van der Waals surface area contributed by atoms with Gasteiger partial charge in [-0.2, -0.15) is 0 Å². The number of carbonyl (C=O) groups is 3. The molecule has 186 valence electrons. The molecule has 3 aromatic carbocycles. The van der Waals surface area contributed by atoms with Crippen molar-refractivity contribution in [2.45, 2.75) is 16.7 Å². The molecule has 0 aliphatic heterocycles. The maximum atomic E-state index is 13.4. The fourth-order valence-electron chi connectivity index (χ4n) is 3.88. The van der Waals surface area contributed by atoms with Crippen LogP contribution in [0, 0.1) is 0 Å². The fourth-order valence-corrected chi connectivity index (χ4v) is 5.83. The number of benzene rings is 3. The number of ketones is 2. The zero-order chi connectivity index (χ0) is 26.6. The number of carbonyl (C=O) groups excluding carboxylic acids is 3. The second kappa shape index (κ2) is 11.6. The molecular formula is C22H15N3Na2O9S2. The van der Waals surface area contributed by atoms with Crippen LogP contribution < -0.4 is 75.5 Å². The SMILES string of the molecule is CC(=O)Nc1ccc(Nc2ccc(N)c3c2C(=O)c2ccc(S(=O)(=O)[O-])c(S(=O)(=O)[O-])c2C3=O)cc1.[Na+].[Na+]. The molecule has 0 bridgehead atoms. The van der Waals surface area contributed by atoms with Gasteiger partial charge in [0.05, 0.1) is 32.2 Å². The first-order valence-electron chi connectivity index (χ1n) is 9.95. The molecule has 1 aliphatic rings. The van der Waals surface area contributed by atoms with Gasteiger partial charge in [0, 0.05) is 29.5 Å². The number of nitrogens with two attached hydrogens (primary N) is 1. The van der Waals surface area contributed by atoms with Crippen molar-refractivity contribution in [3.05, 3.63) is 70.8 Å². The van der Waals surface area contributed by atoms with Gasteiger partial charge in [-0.3, -0.25) is 14.4 Å². The molecule has 0 aromatic heterocycles. The van der Waals surface area contributed by atoms with E-state index < -0.39 is 58.3 Å². The number of nitrogens with one attached hydrogen (secondary N) is 2. The van der Waals surface area contributed by atoms with E-state index in [9.17, 15) is 40.3 Å². The van der Waals surface area contributed by atoms with Crippen LogP contribution in [0.5, 0.6) is 0 Å². The molecule has 4 rings (SSSR count). The molecule has 0 atom stereocenters. The summed E-state index contributed by atoms with van der Waals surface area (Å²) in [6.45, 7) is 1.34. The molecule has 0 saturated heterocycles. The van der Waals surface area contributed by atoms with Crippen molar-refractivity contribution >= 4 is 60.5 Å². The second-order valence-electron chi connectivity index (χ2n) is 7.72. The van der Waals surface area contributed by atoms with Crippen LogP contribution in [0.25, 0.3) is 0 Å². The van der Waals surface area contributed by atoms with Gasteiger partial charge in [-0.05, 0) is 48.5 Å². The molecule has 16 heteroatoms. The van der Waals surface area contributed by atoms with Crippen LogP contribution in [-0.4, -0.2) is 43.4 Å². The summed E-state index contributed by atoms with van der Waals surface area (Å²) < 4.78 is 70.6. The molecule has 0 heterocycles. The number of anilines is 4. The van der Waals surface area contributed by atoms with E-state index in [1.54, 1.807) is 24.3 Å². The van der Waals surface area contributed by atoms with Crippen molar-refractivity contribution in [2.24, 2.45) is 0 Å². The van der Waals surface area contributed by atoms with Crippen molar-refractivity contribution in [3.8, 4) is 0 Å². The Balaban J connectivity index is 0.00000253. The summed E-state index contributed by atoms with van der Waals surface area (Å²) in [5.74, 6) is -2.41. The van der Waals surface area contributed by atoms with Gasteiger partial charge in [-0.1, -0.05) is 0 Å². The van der Waals surface area contributed by atoms with Gasteiger partial charge in [0.15, 0.2) is 11.6 Å². The molecule has 3 aromatic rings. The van der Waals surface area contributed by atoms with Gasteiger partial charge in [-0.25, -0.2) is 16.8 Å². The summed E-state index contributed by atoms with van der Waals surface area (Å²) in [7, 11) is -11.2. The molecule has 0 saturated carbocycles. The largest absolute Gasteiger partial charge is 1.00 e. The minimum Gasteiger partial charge on any atom is -0.744 e. The molecule has 0 spiro atoms. The minimum absolute atomic E-state index is 0. The minimum atomic E-state index is -5.69. The predicted octanol–water partition coefficient (Wildman–Crippen LogP) is -4.44. The Kier molecular flexibility index (Phi) is 9.76. The quantitative estimate of drug-likeness (QED) is 0.117. The summed E-state index contributed by atoms with van der Waals surface area (Å²) >= 11 is 0. The number of fused-ring (bicyclic) bond motifs is 2. The number of hydrogen-bond donors (Lipinski definition) is 3. The average Bonchev–Trinajstić information content (AvgIpc) is 2.77. The first-order valence-corrected chi connectivity index (χ1v) is 12.8. The van der Waals surface area contributed by atoms with Gasteiger partial charge in [0.1, 0.15) is 20.2 Å². The maximum Gasteiger partial charge on any atom is 1.00 e. The van der Waals surface area contributed by atoms with Crippen LogP contribution in [0.15, 0.2) is 58.3 Å². The Morgan fingerprint density at radius 1 is 0.763 bits per heavy atom. The number of hydrogen-bond acceptors (Lipinski definition) is 11. The first-order chi connectivity index (χ1) is 16.7. The zero-order valence-electron chi connectivity index (χ0n) is 20.2. The smallest absolute Gasteiger partial charge is 0.744 e. The van der Waals surface area contributed by atoms with Crippen molar-refractivity contribution in [1.29, 1.82) is 0 Å². The summed E-state index contributed by atoms with van der Waals surface area (Å²) in [5, 5.41) is 5.52. The van der Waals surface area contributed by atoms with Crippen LogP contribution in [-0.2, 0) is 25.0 Å². The van der Waals surface area contributed by atoms with Gasteiger partial charge >= 0.3 is 59.1 Å². The standard InChI is InChI=1S/C22H17N3O9S2.2Na/c1-10(26)24-11-2-4-12(5-3-11)25-15-8-7-14(23)18-19(15)20(27)13-6-9-16(35(29,30)31)22(36(32,33)34)17(13)21(18)28;;/h2-9,25H,23H2,1H3,(H,24,26)(H,29,30,31)(H,32,33,34);;/q;2*+1/p-2.